The fourth-order valence-corrected chi connectivity index (χ4v) is 2.93. The number of hydrogen-bond donors (Lipinski definition) is 3. The number of nitrogens with one attached hydrogen (secondary N) is 2. The van der Waals surface area contributed by atoms with E-state index in [2.05, 4.69) is 10.6 Å². The van der Waals surface area contributed by atoms with Gasteiger partial charge in [-0.1, -0.05) is 67.1 Å². The molecule has 2 aromatic rings. The van der Waals surface area contributed by atoms with E-state index in [1.807, 2.05) is 68.4 Å². The second-order valence-electron chi connectivity index (χ2n) is 7.29. The number of carboxylic acids is 1. The Balaban J connectivity index is 2.00. The van der Waals surface area contributed by atoms with E-state index in [9.17, 15) is 14.4 Å². The molecular formula is C23H28N2O4. The summed E-state index contributed by atoms with van der Waals surface area (Å²) in [6, 6.07) is 16.8. The minimum Gasteiger partial charge on any atom is -0.480 e. The van der Waals surface area contributed by atoms with Gasteiger partial charge in [0.15, 0.2) is 0 Å². The summed E-state index contributed by atoms with van der Waals surface area (Å²) >= 11 is 0. The number of aliphatic carboxylic acids is 1. The van der Waals surface area contributed by atoms with Crippen LogP contribution in [0, 0.1) is 12.8 Å². The second-order valence-corrected chi connectivity index (χ2v) is 7.29. The zero-order chi connectivity index (χ0) is 21.2. The van der Waals surface area contributed by atoms with Gasteiger partial charge in [0.05, 0.1) is 0 Å². The predicted molar refractivity (Wildman–Crippen MR) is 111 cm³/mol. The second kappa shape index (κ2) is 11.0. The Bertz CT molecular complexity index is 819. The lowest BCUT2D eigenvalue weighted by molar-refractivity contribution is -0.138. The lowest BCUT2D eigenvalue weighted by Crippen LogP contribution is -2.50. The first-order valence-corrected chi connectivity index (χ1v) is 9.74. The molecule has 0 heterocycles. The van der Waals surface area contributed by atoms with Crippen LogP contribution < -0.4 is 10.6 Å². The molecule has 2 rings (SSSR count). The molecule has 0 spiro atoms. The Morgan fingerprint density at radius 3 is 2.21 bits per heavy atom. The Morgan fingerprint density at radius 1 is 0.931 bits per heavy atom. The first-order chi connectivity index (χ1) is 13.8. The van der Waals surface area contributed by atoms with Crippen LogP contribution in [0.25, 0.3) is 0 Å². The zero-order valence-electron chi connectivity index (χ0n) is 16.9. The van der Waals surface area contributed by atoms with E-state index < -0.39 is 24.5 Å². The van der Waals surface area contributed by atoms with Gasteiger partial charge in [-0.3, -0.25) is 14.4 Å². The van der Waals surface area contributed by atoms with Crippen molar-refractivity contribution in [3.63, 3.8) is 0 Å². The third-order valence-electron chi connectivity index (χ3n) is 4.76. The maximum absolute atomic E-state index is 12.7. The van der Waals surface area contributed by atoms with E-state index in [4.69, 9.17) is 5.11 Å². The summed E-state index contributed by atoms with van der Waals surface area (Å²) in [5.41, 5.74) is 3.14. The smallest absolute Gasteiger partial charge is 0.322 e. The van der Waals surface area contributed by atoms with Crippen LogP contribution in [0.5, 0.6) is 0 Å². The molecule has 154 valence electrons. The van der Waals surface area contributed by atoms with Crippen LogP contribution >= 0.6 is 0 Å². The number of hydrogen-bond acceptors (Lipinski definition) is 3. The highest BCUT2D eigenvalue weighted by molar-refractivity contribution is 5.90. The number of aryl methyl sites for hydroxylation is 2. The number of rotatable bonds is 10. The molecule has 29 heavy (non-hydrogen) atoms. The van der Waals surface area contributed by atoms with Crippen LogP contribution in [-0.4, -0.2) is 35.5 Å². The molecule has 0 aromatic heterocycles. The molecule has 0 saturated heterocycles. The van der Waals surface area contributed by atoms with Crippen molar-refractivity contribution < 1.29 is 19.5 Å². The Hall–Kier alpha value is -3.15. The normalized spacial score (nSPS) is 12.6. The van der Waals surface area contributed by atoms with Gasteiger partial charge in [-0.05, 0) is 30.9 Å². The molecule has 2 aromatic carbocycles. The highest BCUT2D eigenvalue weighted by atomic mass is 16.4. The van der Waals surface area contributed by atoms with Crippen molar-refractivity contribution in [2.45, 2.75) is 39.2 Å². The largest absolute Gasteiger partial charge is 0.480 e. The molecule has 2 amide bonds. The van der Waals surface area contributed by atoms with E-state index in [0.717, 1.165) is 23.1 Å². The number of amides is 2. The average Bonchev–Trinajstić information content (AvgIpc) is 2.71. The molecule has 0 radical (unpaired) electrons. The molecule has 6 nitrogen and oxygen atoms in total. The van der Waals surface area contributed by atoms with Gasteiger partial charge in [0.1, 0.15) is 12.6 Å². The average molecular weight is 396 g/mol. The Labute approximate surface area is 171 Å². The summed E-state index contributed by atoms with van der Waals surface area (Å²) in [6.07, 6.45) is 1.72. The quantitative estimate of drug-likeness (QED) is 0.575. The maximum Gasteiger partial charge on any atom is 0.322 e. The standard InChI is InChI=1S/C23H28N2O4/c1-16-8-11-19(12-9-16)14-20(23(29)24-15-21(26)27)25-22(28)17(2)10-13-18-6-4-3-5-7-18/h3-9,11-12,17,20H,10,13-15H2,1-2H3,(H,24,29)(H,25,28)(H,26,27)/t17-,20+/m1/s1. The number of carboxylic acid groups (broad SMARTS) is 1. The molecule has 0 saturated carbocycles. The van der Waals surface area contributed by atoms with Crippen LogP contribution in [0.2, 0.25) is 0 Å². The number of carbonyl (C=O) groups is 3. The number of benzene rings is 2. The molecule has 0 unspecified atom stereocenters. The van der Waals surface area contributed by atoms with Gasteiger partial charge in [-0.15, -0.1) is 0 Å². The van der Waals surface area contributed by atoms with E-state index in [1.54, 1.807) is 0 Å². The molecule has 0 aliphatic heterocycles. The van der Waals surface area contributed by atoms with Crippen LogP contribution in [-0.2, 0) is 27.2 Å². The van der Waals surface area contributed by atoms with Gasteiger partial charge in [-0.2, -0.15) is 0 Å². The first-order valence-electron chi connectivity index (χ1n) is 9.74. The van der Waals surface area contributed by atoms with E-state index in [1.165, 1.54) is 0 Å². The van der Waals surface area contributed by atoms with Crippen LogP contribution in [0.3, 0.4) is 0 Å². The highest BCUT2D eigenvalue weighted by Gasteiger charge is 2.24. The third kappa shape index (κ3) is 7.78. The van der Waals surface area contributed by atoms with E-state index in [0.29, 0.717) is 12.8 Å². The van der Waals surface area contributed by atoms with E-state index >= 15 is 0 Å². The summed E-state index contributed by atoms with van der Waals surface area (Å²) in [4.78, 5) is 35.9. The summed E-state index contributed by atoms with van der Waals surface area (Å²) in [5, 5.41) is 14.0. The zero-order valence-corrected chi connectivity index (χ0v) is 16.9. The molecule has 2 atom stereocenters. The van der Waals surface area contributed by atoms with Gasteiger partial charge in [0.25, 0.3) is 0 Å². The lowest BCUT2D eigenvalue weighted by atomic mass is 9.99. The van der Waals surface area contributed by atoms with Gasteiger partial charge in [-0.25, -0.2) is 0 Å². The van der Waals surface area contributed by atoms with Crippen LogP contribution in [0.1, 0.15) is 30.0 Å². The maximum atomic E-state index is 12.7. The van der Waals surface area contributed by atoms with Crippen molar-refractivity contribution in [1.29, 1.82) is 0 Å². The minimum absolute atomic E-state index is 0.219. The Morgan fingerprint density at radius 2 is 1.59 bits per heavy atom. The monoisotopic (exact) mass is 396 g/mol. The van der Waals surface area contributed by atoms with Crippen molar-refractivity contribution in [1.82, 2.24) is 10.6 Å². The van der Waals surface area contributed by atoms with Crippen molar-refractivity contribution in [3.05, 3.63) is 71.3 Å². The summed E-state index contributed by atoms with van der Waals surface area (Å²) in [5.74, 6) is -2.13. The van der Waals surface area contributed by atoms with Crippen molar-refractivity contribution in [2.24, 2.45) is 5.92 Å². The summed E-state index contributed by atoms with van der Waals surface area (Å²) in [7, 11) is 0. The van der Waals surface area contributed by atoms with Crippen LogP contribution in [0.15, 0.2) is 54.6 Å². The molecular weight excluding hydrogens is 368 g/mol. The molecule has 0 bridgehead atoms. The predicted octanol–water partition coefficient (Wildman–Crippen LogP) is 2.49. The molecule has 6 heteroatoms. The van der Waals surface area contributed by atoms with Gasteiger partial charge in [0.2, 0.25) is 11.8 Å². The fraction of sp³-hybridized carbons (Fsp3) is 0.348. The fourth-order valence-electron chi connectivity index (χ4n) is 2.93. The van der Waals surface area contributed by atoms with E-state index in [-0.39, 0.29) is 11.8 Å². The SMILES string of the molecule is Cc1ccc(C[C@H](NC(=O)[C@H](C)CCc2ccccc2)C(=O)NCC(=O)O)cc1. The highest BCUT2D eigenvalue weighted by Crippen LogP contribution is 2.11. The topological polar surface area (TPSA) is 95.5 Å². The molecule has 3 N–H and O–H groups in total. The molecule has 0 aliphatic rings. The summed E-state index contributed by atoms with van der Waals surface area (Å²) < 4.78 is 0. The van der Waals surface area contributed by atoms with Crippen molar-refractivity contribution in [3.8, 4) is 0 Å². The molecule has 0 fully saturated rings. The third-order valence-corrected chi connectivity index (χ3v) is 4.76. The van der Waals surface area contributed by atoms with Gasteiger partial charge < -0.3 is 15.7 Å². The van der Waals surface area contributed by atoms with Crippen LogP contribution in [0.4, 0.5) is 0 Å². The minimum atomic E-state index is -1.13. The van der Waals surface area contributed by atoms with Gasteiger partial charge in [0, 0.05) is 12.3 Å². The molecule has 0 aliphatic carbocycles. The Kier molecular flexibility index (Phi) is 8.40. The summed E-state index contributed by atoms with van der Waals surface area (Å²) in [6.45, 7) is 3.32. The first kappa shape index (κ1) is 22.1. The lowest BCUT2D eigenvalue weighted by Gasteiger charge is -2.21. The number of carbonyl (C=O) groups excluding carboxylic acids is 2. The van der Waals surface area contributed by atoms with Crippen molar-refractivity contribution in [2.75, 3.05) is 6.54 Å². The van der Waals surface area contributed by atoms with Gasteiger partial charge >= 0.3 is 5.97 Å². The van der Waals surface area contributed by atoms with Crippen molar-refractivity contribution >= 4 is 17.8 Å².